The van der Waals surface area contributed by atoms with E-state index < -0.39 is 17.4 Å². The molecule has 17 heavy (non-hydrogen) atoms. The van der Waals surface area contributed by atoms with Crippen LogP contribution in [0.3, 0.4) is 0 Å². The van der Waals surface area contributed by atoms with Gasteiger partial charge in [0.05, 0.1) is 0 Å². The van der Waals surface area contributed by atoms with Gasteiger partial charge in [-0.1, -0.05) is 29.8 Å². The van der Waals surface area contributed by atoms with Gasteiger partial charge >= 0.3 is 0 Å². The minimum Gasteiger partial charge on any atom is -0.505 e. The van der Waals surface area contributed by atoms with E-state index in [1.165, 1.54) is 13.0 Å². The summed E-state index contributed by atoms with van der Waals surface area (Å²) in [5, 5.41) is 9.29. The second kappa shape index (κ2) is 4.17. The summed E-state index contributed by atoms with van der Waals surface area (Å²) in [7, 11) is 0. The van der Waals surface area contributed by atoms with Crippen molar-refractivity contribution in [3.8, 4) is 16.9 Å². The van der Waals surface area contributed by atoms with Crippen LogP contribution in [-0.4, -0.2) is 5.11 Å². The highest BCUT2D eigenvalue weighted by atomic mass is 19.2. The van der Waals surface area contributed by atoms with Crippen molar-refractivity contribution < 1.29 is 13.9 Å². The molecule has 2 aromatic rings. The molecule has 88 valence electrons. The van der Waals surface area contributed by atoms with Gasteiger partial charge in [0.2, 0.25) is 5.82 Å². The van der Waals surface area contributed by atoms with Crippen molar-refractivity contribution in [2.45, 2.75) is 13.8 Å². The largest absolute Gasteiger partial charge is 0.505 e. The first-order valence-electron chi connectivity index (χ1n) is 5.25. The van der Waals surface area contributed by atoms with Crippen LogP contribution in [0.2, 0.25) is 0 Å². The molecule has 0 aliphatic carbocycles. The van der Waals surface area contributed by atoms with Crippen molar-refractivity contribution in [1.29, 1.82) is 0 Å². The molecule has 0 heterocycles. The average molecular weight is 234 g/mol. The van der Waals surface area contributed by atoms with Crippen LogP contribution >= 0.6 is 0 Å². The summed E-state index contributed by atoms with van der Waals surface area (Å²) in [6.45, 7) is 3.46. The summed E-state index contributed by atoms with van der Waals surface area (Å²) >= 11 is 0. The van der Waals surface area contributed by atoms with Crippen molar-refractivity contribution in [2.24, 2.45) is 0 Å². The van der Waals surface area contributed by atoms with Crippen LogP contribution in [0.4, 0.5) is 8.78 Å². The maximum Gasteiger partial charge on any atom is 0.201 e. The number of aryl methyl sites for hydroxylation is 2. The van der Waals surface area contributed by atoms with Crippen LogP contribution in [0.15, 0.2) is 30.3 Å². The molecule has 0 bridgehead atoms. The topological polar surface area (TPSA) is 20.2 Å². The molecular weight excluding hydrogens is 222 g/mol. The van der Waals surface area contributed by atoms with Crippen LogP contribution in [0.5, 0.6) is 5.75 Å². The Morgan fingerprint density at radius 1 is 0.941 bits per heavy atom. The first kappa shape index (κ1) is 11.6. The second-order valence-corrected chi connectivity index (χ2v) is 4.08. The van der Waals surface area contributed by atoms with E-state index in [1.807, 2.05) is 19.1 Å². The van der Waals surface area contributed by atoms with Crippen molar-refractivity contribution in [1.82, 2.24) is 0 Å². The molecule has 0 unspecified atom stereocenters. The fraction of sp³-hybridized carbons (Fsp3) is 0.143. The van der Waals surface area contributed by atoms with E-state index in [9.17, 15) is 13.9 Å². The molecule has 0 aliphatic heterocycles. The first-order valence-corrected chi connectivity index (χ1v) is 5.25. The highest BCUT2D eigenvalue weighted by Gasteiger charge is 2.16. The maximum atomic E-state index is 13.7. The van der Waals surface area contributed by atoms with Crippen LogP contribution in [0, 0.1) is 25.5 Å². The summed E-state index contributed by atoms with van der Waals surface area (Å²) in [5.74, 6) is -2.84. The van der Waals surface area contributed by atoms with Crippen LogP contribution < -0.4 is 0 Å². The number of aromatic hydroxyl groups is 1. The maximum absolute atomic E-state index is 13.7. The fourth-order valence-corrected chi connectivity index (χ4v) is 1.69. The summed E-state index contributed by atoms with van der Waals surface area (Å²) in [5.41, 5.74) is 2.12. The van der Waals surface area contributed by atoms with Gasteiger partial charge in [0.15, 0.2) is 11.6 Å². The number of rotatable bonds is 1. The zero-order chi connectivity index (χ0) is 12.6. The minimum atomic E-state index is -1.19. The molecule has 0 spiro atoms. The van der Waals surface area contributed by atoms with E-state index >= 15 is 0 Å². The van der Waals surface area contributed by atoms with E-state index in [4.69, 9.17) is 0 Å². The Hall–Kier alpha value is -1.90. The Morgan fingerprint density at radius 3 is 2.12 bits per heavy atom. The van der Waals surface area contributed by atoms with Crippen LogP contribution in [0.25, 0.3) is 11.1 Å². The number of hydrogen-bond acceptors (Lipinski definition) is 1. The van der Waals surface area contributed by atoms with E-state index in [0.29, 0.717) is 11.1 Å². The Balaban J connectivity index is 2.64. The Morgan fingerprint density at radius 2 is 1.53 bits per heavy atom. The third-order valence-corrected chi connectivity index (χ3v) is 2.73. The lowest BCUT2D eigenvalue weighted by Gasteiger charge is -2.08. The predicted octanol–water partition coefficient (Wildman–Crippen LogP) is 3.95. The summed E-state index contributed by atoms with van der Waals surface area (Å²) in [6, 6.07) is 8.55. The molecule has 3 heteroatoms. The van der Waals surface area contributed by atoms with Gasteiger partial charge in [-0.3, -0.25) is 0 Å². The lowest BCUT2D eigenvalue weighted by Crippen LogP contribution is -1.93. The van der Waals surface area contributed by atoms with Crippen molar-refractivity contribution in [3.05, 3.63) is 53.1 Å². The van der Waals surface area contributed by atoms with Crippen LogP contribution in [0.1, 0.15) is 11.1 Å². The Bertz CT molecular complexity index is 559. The van der Waals surface area contributed by atoms with Gasteiger partial charge in [-0.05, 0) is 31.0 Å². The average Bonchev–Trinajstić information content (AvgIpc) is 2.32. The minimum absolute atomic E-state index is 0.165. The quantitative estimate of drug-likeness (QED) is 0.792. The van der Waals surface area contributed by atoms with Gasteiger partial charge < -0.3 is 5.11 Å². The standard InChI is InChI=1S/C14H12F2O/c1-8-3-5-10(6-4-8)11-7-9(2)14(17)13(16)12(11)15/h3-7,17H,1-2H3. The number of halogens is 2. The number of benzene rings is 2. The molecular formula is C14H12F2O. The first-order chi connectivity index (χ1) is 8.00. The van der Waals surface area contributed by atoms with Gasteiger partial charge in [-0.15, -0.1) is 0 Å². The second-order valence-electron chi connectivity index (χ2n) is 4.08. The van der Waals surface area contributed by atoms with Gasteiger partial charge in [-0.2, -0.15) is 4.39 Å². The molecule has 2 aromatic carbocycles. The molecule has 0 fully saturated rings. The lowest BCUT2D eigenvalue weighted by molar-refractivity contribution is 0.404. The fourth-order valence-electron chi connectivity index (χ4n) is 1.69. The van der Waals surface area contributed by atoms with E-state index in [2.05, 4.69) is 0 Å². The zero-order valence-corrected chi connectivity index (χ0v) is 9.59. The van der Waals surface area contributed by atoms with Crippen molar-refractivity contribution >= 4 is 0 Å². The lowest BCUT2D eigenvalue weighted by atomic mass is 10.0. The van der Waals surface area contributed by atoms with Gasteiger partial charge in [0.25, 0.3) is 0 Å². The smallest absolute Gasteiger partial charge is 0.201 e. The van der Waals surface area contributed by atoms with Gasteiger partial charge in [-0.25, -0.2) is 4.39 Å². The highest BCUT2D eigenvalue weighted by molar-refractivity contribution is 5.67. The van der Waals surface area contributed by atoms with Crippen molar-refractivity contribution in [2.75, 3.05) is 0 Å². The summed E-state index contributed by atoms with van der Waals surface area (Å²) in [4.78, 5) is 0. The molecule has 0 radical (unpaired) electrons. The van der Waals surface area contributed by atoms with E-state index in [-0.39, 0.29) is 5.56 Å². The molecule has 0 amide bonds. The van der Waals surface area contributed by atoms with Crippen LogP contribution in [-0.2, 0) is 0 Å². The summed E-state index contributed by atoms with van der Waals surface area (Å²) in [6.07, 6.45) is 0. The SMILES string of the molecule is Cc1ccc(-c2cc(C)c(O)c(F)c2F)cc1. The Kier molecular flexibility index (Phi) is 2.84. The molecule has 1 nitrogen and oxygen atoms in total. The number of phenols is 1. The van der Waals surface area contributed by atoms with E-state index in [1.54, 1.807) is 12.1 Å². The third kappa shape index (κ3) is 2.00. The zero-order valence-electron chi connectivity index (χ0n) is 9.59. The molecule has 0 aromatic heterocycles. The molecule has 1 N–H and O–H groups in total. The molecule has 0 atom stereocenters. The number of phenolic OH excluding ortho intramolecular Hbond substituents is 1. The highest BCUT2D eigenvalue weighted by Crippen LogP contribution is 2.32. The van der Waals surface area contributed by atoms with Gasteiger partial charge in [0, 0.05) is 5.56 Å². The molecule has 0 saturated carbocycles. The molecule has 2 rings (SSSR count). The van der Waals surface area contributed by atoms with Gasteiger partial charge in [0.1, 0.15) is 0 Å². The molecule has 0 aliphatic rings. The third-order valence-electron chi connectivity index (χ3n) is 2.73. The summed E-state index contributed by atoms with van der Waals surface area (Å²) < 4.78 is 27.1. The number of hydrogen-bond donors (Lipinski definition) is 1. The Labute approximate surface area is 98.3 Å². The monoisotopic (exact) mass is 234 g/mol. The normalized spacial score (nSPS) is 10.6. The van der Waals surface area contributed by atoms with Crippen molar-refractivity contribution in [3.63, 3.8) is 0 Å². The predicted molar refractivity (Wildman–Crippen MR) is 62.9 cm³/mol. The van der Waals surface area contributed by atoms with E-state index in [0.717, 1.165) is 5.56 Å². The molecule has 0 saturated heterocycles.